The molecule has 2 rings (SSSR count). The molecule has 1 N–H and O–H groups in total. The van der Waals surface area contributed by atoms with Gasteiger partial charge in [-0.3, -0.25) is 4.79 Å². The molecule has 22 heavy (non-hydrogen) atoms. The van der Waals surface area contributed by atoms with Gasteiger partial charge in [0.1, 0.15) is 0 Å². The zero-order valence-electron chi connectivity index (χ0n) is 14.1. The minimum atomic E-state index is 0.0281. The van der Waals surface area contributed by atoms with Crippen molar-refractivity contribution < 1.29 is 4.79 Å². The maximum atomic E-state index is 12.3. The van der Waals surface area contributed by atoms with E-state index in [0.29, 0.717) is 13.1 Å². The summed E-state index contributed by atoms with van der Waals surface area (Å²) in [5, 5.41) is 3.03. The first-order valence-electron chi connectivity index (χ1n) is 7.95. The largest absolute Gasteiger partial charge is 0.355 e. The standard InChI is InChI=1S/C16H27N5O/c1-12-10-13(2)19-16(18-12)21-8-5-6-14(11-21)15(22)17-7-9-20(3)4/h10,14H,5-9,11H2,1-4H3,(H,17,22)/t14-/m1/s1. The lowest BCUT2D eigenvalue weighted by atomic mass is 9.97. The summed E-state index contributed by atoms with van der Waals surface area (Å²) in [7, 11) is 4.01. The van der Waals surface area contributed by atoms with Crippen molar-refractivity contribution in [1.82, 2.24) is 20.2 Å². The van der Waals surface area contributed by atoms with Crippen molar-refractivity contribution in [3.63, 3.8) is 0 Å². The van der Waals surface area contributed by atoms with Crippen molar-refractivity contribution in [2.24, 2.45) is 5.92 Å². The first kappa shape index (κ1) is 16.7. The Morgan fingerprint density at radius 2 is 2.05 bits per heavy atom. The number of aryl methyl sites for hydroxylation is 2. The summed E-state index contributed by atoms with van der Waals surface area (Å²) in [6.07, 6.45) is 1.94. The fourth-order valence-corrected chi connectivity index (χ4v) is 2.77. The molecule has 1 aliphatic heterocycles. The molecule has 0 aromatic carbocycles. The monoisotopic (exact) mass is 305 g/mol. The Balaban J connectivity index is 1.95. The van der Waals surface area contributed by atoms with E-state index in [1.807, 2.05) is 34.0 Å². The van der Waals surface area contributed by atoms with Crippen LogP contribution < -0.4 is 10.2 Å². The fraction of sp³-hybridized carbons (Fsp3) is 0.688. The zero-order valence-corrected chi connectivity index (χ0v) is 14.1. The smallest absolute Gasteiger partial charge is 0.225 e. The van der Waals surface area contributed by atoms with Crippen molar-refractivity contribution in [2.75, 3.05) is 45.2 Å². The maximum Gasteiger partial charge on any atom is 0.225 e. The van der Waals surface area contributed by atoms with Crippen LogP contribution in [-0.2, 0) is 4.79 Å². The number of aromatic nitrogens is 2. The molecule has 1 saturated heterocycles. The van der Waals surface area contributed by atoms with Gasteiger partial charge < -0.3 is 15.1 Å². The predicted molar refractivity (Wildman–Crippen MR) is 88.0 cm³/mol. The van der Waals surface area contributed by atoms with Gasteiger partial charge in [-0.15, -0.1) is 0 Å². The van der Waals surface area contributed by atoms with Gasteiger partial charge in [0.2, 0.25) is 11.9 Å². The van der Waals surface area contributed by atoms with Crippen LogP contribution >= 0.6 is 0 Å². The highest BCUT2D eigenvalue weighted by Crippen LogP contribution is 2.21. The molecular weight excluding hydrogens is 278 g/mol. The highest BCUT2D eigenvalue weighted by Gasteiger charge is 2.27. The molecule has 0 unspecified atom stereocenters. The summed E-state index contributed by atoms with van der Waals surface area (Å²) >= 11 is 0. The number of anilines is 1. The number of nitrogens with one attached hydrogen (secondary N) is 1. The fourth-order valence-electron chi connectivity index (χ4n) is 2.77. The average Bonchev–Trinajstić information content (AvgIpc) is 2.46. The van der Waals surface area contributed by atoms with Gasteiger partial charge in [0.05, 0.1) is 5.92 Å². The van der Waals surface area contributed by atoms with Crippen molar-refractivity contribution in [1.29, 1.82) is 0 Å². The number of nitrogens with zero attached hydrogens (tertiary/aromatic N) is 4. The van der Waals surface area contributed by atoms with E-state index in [0.717, 1.165) is 43.3 Å². The van der Waals surface area contributed by atoms with Crippen molar-refractivity contribution in [3.8, 4) is 0 Å². The summed E-state index contributed by atoms with van der Waals surface area (Å²) in [4.78, 5) is 25.5. The first-order chi connectivity index (χ1) is 10.5. The number of carbonyl (C=O) groups is 1. The van der Waals surface area contributed by atoms with Crippen LogP contribution in [0.15, 0.2) is 6.07 Å². The van der Waals surface area contributed by atoms with Crippen LogP contribution in [0, 0.1) is 19.8 Å². The van der Waals surface area contributed by atoms with Crippen LogP contribution in [0.5, 0.6) is 0 Å². The van der Waals surface area contributed by atoms with Gasteiger partial charge in [0, 0.05) is 37.6 Å². The molecule has 2 heterocycles. The van der Waals surface area contributed by atoms with E-state index in [-0.39, 0.29) is 11.8 Å². The van der Waals surface area contributed by atoms with Crippen LogP contribution in [0.4, 0.5) is 5.95 Å². The van der Waals surface area contributed by atoms with Crippen LogP contribution in [0.25, 0.3) is 0 Å². The maximum absolute atomic E-state index is 12.3. The molecule has 1 atom stereocenters. The molecule has 1 amide bonds. The Bertz CT molecular complexity index is 497. The Morgan fingerprint density at radius 3 is 2.68 bits per heavy atom. The zero-order chi connectivity index (χ0) is 16.1. The first-order valence-corrected chi connectivity index (χ1v) is 7.95. The SMILES string of the molecule is Cc1cc(C)nc(N2CCC[C@@H](C(=O)NCCN(C)C)C2)n1. The van der Waals surface area contributed by atoms with E-state index in [9.17, 15) is 4.79 Å². The van der Waals surface area contributed by atoms with E-state index in [4.69, 9.17) is 0 Å². The van der Waals surface area contributed by atoms with Crippen LogP contribution in [0.2, 0.25) is 0 Å². The summed E-state index contributed by atoms with van der Waals surface area (Å²) in [6, 6.07) is 1.97. The Hall–Kier alpha value is -1.69. The number of hydrogen-bond donors (Lipinski definition) is 1. The Morgan fingerprint density at radius 1 is 1.36 bits per heavy atom. The molecule has 1 aromatic heterocycles. The molecule has 1 aromatic rings. The number of likely N-dealkylation sites (N-methyl/N-ethyl adjacent to an activating group) is 1. The number of amides is 1. The van der Waals surface area contributed by atoms with Gasteiger partial charge in [-0.2, -0.15) is 0 Å². The lowest BCUT2D eigenvalue weighted by molar-refractivity contribution is -0.125. The third kappa shape index (κ3) is 4.66. The molecule has 6 heteroatoms. The molecule has 1 aliphatic rings. The van der Waals surface area contributed by atoms with Gasteiger partial charge in [-0.25, -0.2) is 9.97 Å². The molecule has 122 valence electrons. The lowest BCUT2D eigenvalue weighted by Gasteiger charge is -2.32. The highest BCUT2D eigenvalue weighted by molar-refractivity contribution is 5.79. The Kier molecular flexibility index (Phi) is 5.71. The van der Waals surface area contributed by atoms with Gasteiger partial charge in [0.25, 0.3) is 0 Å². The molecular formula is C16H27N5O. The summed E-state index contributed by atoms with van der Waals surface area (Å²) in [5.41, 5.74) is 1.94. The molecule has 0 bridgehead atoms. The minimum Gasteiger partial charge on any atom is -0.355 e. The van der Waals surface area contributed by atoms with Crippen LogP contribution in [0.1, 0.15) is 24.2 Å². The second-order valence-electron chi connectivity index (χ2n) is 6.33. The molecule has 0 aliphatic carbocycles. The molecule has 1 fully saturated rings. The number of rotatable bonds is 5. The number of piperidine rings is 1. The van der Waals surface area contributed by atoms with Crippen molar-refractivity contribution in [2.45, 2.75) is 26.7 Å². The van der Waals surface area contributed by atoms with Gasteiger partial charge >= 0.3 is 0 Å². The Labute approximate surface area is 132 Å². The van der Waals surface area contributed by atoms with Crippen LogP contribution in [0.3, 0.4) is 0 Å². The lowest BCUT2D eigenvalue weighted by Crippen LogP contribution is -2.45. The number of carbonyl (C=O) groups excluding carboxylic acids is 1. The van der Waals surface area contributed by atoms with E-state index < -0.39 is 0 Å². The molecule has 0 spiro atoms. The predicted octanol–water partition coefficient (Wildman–Crippen LogP) is 0.988. The second kappa shape index (κ2) is 7.54. The minimum absolute atomic E-state index is 0.0281. The summed E-state index contributed by atoms with van der Waals surface area (Å²) in [6.45, 7) is 7.15. The third-order valence-corrected chi connectivity index (χ3v) is 3.90. The second-order valence-corrected chi connectivity index (χ2v) is 6.33. The van der Waals surface area contributed by atoms with Gasteiger partial charge in [-0.1, -0.05) is 0 Å². The van der Waals surface area contributed by atoms with Crippen molar-refractivity contribution in [3.05, 3.63) is 17.5 Å². The van der Waals surface area contributed by atoms with E-state index >= 15 is 0 Å². The number of hydrogen-bond acceptors (Lipinski definition) is 5. The van der Waals surface area contributed by atoms with E-state index in [1.54, 1.807) is 0 Å². The summed E-state index contributed by atoms with van der Waals surface area (Å²) in [5.74, 6) is 0.930. The molecule has 6 nitrogen and oxygen atoms in total. The van der Waals surface area contributed by atoms with Gasteiger partial charge in [-0.05, 0) is 46.9 Å². The van der Waals surface area contributed by atoms with E-state index in [2.05, 4.69) is 25.1 Å². The van der Waals surface area contributed by atoms with Gasteiger partial charge in [0.15, 0.2) is 0 Å². The average molecular weight is 305 g/mol. The normalized spacial score (nSPS) is 18.6. The van der Waals surface area contributed by atoms with E-state index in [1.165, 1.54) is 0 Å². The molecule has 0 saturated carbocycles. The molecule has 0 radical (unpaired) electrons. The highest BCUT2D eigenvalue weighted by atomic mass is 16.1. The quantitative estimate of drug-likeness (QED) is 0.879. The third-order valence-electron chi connectivity index (χ3n) is 3.90. The van der Waals surface area contributed by atoms with Crippen molar-refractivity contribution >= 4 is 11.9 Å². The van der Waals surface area contributed by atoms with Crippen LogP contribution in [-0.4, -0.2) is 61.0 Å². The topological polar surface area (TPSA) is 61.4 Å². The summed E-state index contributed by atoms with van der Waals surface area (Å²) < 4.78 is 0.